The summed E-state index contributed by atoms with van der Waals surface area (Å²) in [5.74, 6) is -1.79. The summed E-state index contributed by atoms with van der Waals surface area (Å²) in [6.45, 7) is 2.04. The van der Waals surface area contributed by atoms with Crippen molar-refractivity contribution in [3.63, 3.8) is 0 Å². The van der Waals surface area contributed by atoms with Crippen molar-refractivity contribution in [1.82, 2.24) is 10.3 Å². The van der Waals surface area contributed by atoms with E-state index < -0.39 is 11.9 Å². The number of amides is 1. The van der Waals surface area contributed by atoms with Gasteiger partial charge in [-0.25, -0.2) is 4.98 Å². The van der Waals surface area contributed by atoms with Gasteiger partial charge < -0.3 is 10.4 Å². The molecule has 1 aromatic carbocycles. The molecule has 5 heteroatoms. The maximum atomic E-state index is 12.1. The number of para-hydroxylation sites is 1. The molecule has 0 fully saturated rings. The number of hydrogen-bond donors (Lipinski definition) is 2. The number of pyridine rings is 1. The number of benzene rings is 1. The molecule has 0 saturated heterocycles. The summed E-state index contributed by atoms with van der Waals surface area (Å²) < 4.78 is 0. The van der Waals surface area contributed by atoms with E-state index in [9.17, 15) is 9.59 Å². The lowest BCUT2D eigenvalue weighted by Gasteiger charge is -2.12. The third-order valence-electron chi connectivity index (χ3n) is 3.33. The highest BCUT2D eigenvalue weighted by molar-refractivity contribution is 5.95. The number of carboxylic acids is 1. The van der Waals surface area contributed by atoms with Gasteiger partial charge in [-0.1, -0.05) is 37.6 Å². The van der Waals surface area contributed by atoms with Crippen molar-refractivity contribution >= 4 is 22.8 Å². The second-order valence-electron chi connectivity index (χ2n) is 4.92. The Balaban J connectivity index is 2.06. The maximum absolute atomic E-state index is 12.1. The van der Waals surface area contributed by atoms with Crippen molar-refractivity contribution in [2.45, 2.75) is 19.8 Å². The van der Waals surface area contributed by atoms with Crippen molar-refractivity contribution in [2.75, 3.05) is 6.54 Å². The van der Waals surface area contributed by atoms with Gasteiger partial charge in [0.1, 0.15) is 5.69 Å². The number of nitrogens with zero attached hydrogens (tertiary/aromatic N) is 1. The second-order valence-corrected chi connectivity index (χ2v) is 4.92. The van der Waals surface area contributed by atoms with Gasteiger partial charge in [0.2, 0.25) is 0 Å². The summed E-state index contributed by atoms with van der Waals surface area (Å²) in [4.78, 5) is 27.4. The molecule has 0 aliphatic heterocycles. The lowest BCUT2D eigenvalue weighted by molar-refractivity contribution is -0.141. The van der Waals surface area contributed by atoms with E-state index in [-0.39, 0.29) is 12.5 Å². The fourth-order valence-electron chi connectivity index (χ4n) is 2.16. The van der Waals surface area contributed by atoms with Crippen LogP contribution in [0.25, 0.3) is 10.9 Å². The van der Waals surface area contributed by atoms with Gasteiger partial charge in [0.15, 0.2) is 0 Å². The first-order valence-electron chi connectivity index (χ1n) is 6.98. The summed E-state index contributed by atoms with van der Waals surface area (Å²) >= 11 is 0. The van der Waals surface area contributed by atoms with E-state index in [0.717, 1.165) is 17.3 Å². The molecule has 2 aromatic rings. The SMILES string of the molecule is CCCC(CNC(=O)c1ccc2ccccc2n1)C(=O)O. The number of rotatable bonds is 6. The summed E-state index contributed by atoms with van der Waals surface area (Å²) in [6.07, 6.45) is 1.31. The zero-order valence-electron chi connectivity index (χ0n) is 11.9. The molecule has 1 heterocycles. The highest BCUT2D eigenvalue weighted by Crippen LogP contribution is 2.12. The van der Waals surface area contributed by atoms with Crippen molar-refractivity contribution in [3.05, 3.63) is 42.1 Å². The molecule has 0 saturated carbocycles. The Hall–Kier alpha value is -2.43. The third-order valence-corrected chi connectivity index (χ3v) is 3.33. The van der Waals surface area contributed by atoms with Crippen molar-refractivity contribution < 1.29 is 14.7 Å². The van der Waals surface area contributed by atoms with Crippen LogP contribution in [0.15, 0.2) is 36.4 Å². The number of carboxylic acid groups (broad SMARTS) is 1. The fourth-order valence-corrected chi connectivity index (χ4v) is 2.16. The van der Waals surface area contributed by atoms with Crippen LogP contribution in [0.1, 0.15) is 30.3 Å². The largest absolute Gasteiger partial charge is 0.481 e. The maximum Gasteiger partial charge on any atom is 0.308 e. The van der Waals surface area contributed by atoms with Crippen LogP contribution in [-0.4, -0.2) is 28.5 Å². The molecule has 5 nitrogen and oxygen atoms in total. The molecular weight excluding hydrogens is 268 g/mol. The Morgan fingerprint density at radius 2 is 2.00 bits per heavy atom. The number of carbonyl (C=O) groups is 2. The molecule has 1 amide bonds. The van der Waals surface area contributed by atoms with Gasteiger partial charge >= 0.3 is 5.97 Å². The van der Waals surface area contributed by atoms with Gasteiger partial charge in [0.25, 0.3) is 5.91 Å². The van der Waals surface area contributed by atoms with Gasteiger partial charge in [-0.3, -0.25) is 9.59 Å². The first-order chi connectivity index (χ1) is 10.1. The second kappa shape index (κ2) is 6.83. The molecule has 0 bridgehead atoms. The lowest BCUT2D eigenvalue weighted by Crippen LogP contribution is -2.33. The molecule has 2 N–H and O–H groups in total. The number of nitrogens with one attached hydrogen (secondary N) is 1. The Bertz CT molecular complexity index is 655. The topological polar surface area (TPSA) is 79.3 Å². The molecule has 110 valence electrons. The lowest BCUT2D eigenvalue weighted by atomic mass is 10.0. The summed E-state index contributed by atoms with van der Waals surface area (Å²) in [7, 11) is 0. The summed E-state index contributed by atoms with van der Waals surface area (Å²) in [5.41, 5.74) is 1.04. The van der Waals surface area contributed by atoms with E-state index in [4.69, 9.17) is 5.11 Å². The molecule has 1 aromatic heterocycles. The minimum Gasteiger partial charge on any atom is -0.481 e. The molecule has 1 atom stereocenters. The van der Waals surface area contributed by atoms with Crippen molar-refractivity contribution in [3.8, 4) is 0 Å². The number of aromatic nitrogens is 1. The van der Waals surface area contributed by atoms with Crippen LogP contribution in [0.5, 0.6) is 0 Å². The normalized spacial score (nSPS) is 12.0. The standard InChI is InChI=1S/C16H18N2O3/c1-2-5-12(16(20)21)10-17-15(19)14-9-8-11-6-3-4-7-13(11)18-14/h3-4,6-9,12H,2,5,10H2,1H3,(H,17,19)(H,20,21). The van der Waals surface area contributed by atoms with Crippen LogP contribution < -0.4 is 5.32 Å². The quantitative estimate of drug-likeness (QED) is 0.855. The number of aliphatic carboxylic acids is 1. The smallest absolute Gasteiger partial charge is 0.308 e. The van der Waals surface area contributed by atoms with Crippen LogP contribution in [0.2, 0.25) is 0 Å². The Labute approximate surface area is 123 Å². The minimum absolute atomic E-state index is 0.122. The van der Waals surface area contributed by atoms with Crippen LogP contribution >= 0.6 is 0 Å². The van der Waals surface area contributed by atoms with E-state index in [1.54, 1.807) is 6.07 Å². The van der Waals surface area contributed by atoms with Gasteiger partial charge in [-0.05, 0) is 18.6 Å². The van der Waals surface area contributed by atoms with Gasteiger partial charge in [-0.2, -0.15) is 0 Å². The Morgan fingerprint density at radius 3 is 2.71 bits per heavy atom. The van der Waals surface area contributed by atoms with Crippen LogP contribution in [0.3, 0.4) is 0 Å². The molecule has 21 heavy (non-hydrogen) atoms. The van der Waals surface area contributed by atoms with E-state index in [0.29, 0.717) is 12.1 Å². The molecule has 0 aliphatic carbocycles. The highest BCUT2D eigenvalue weighted by atomic mass is 16.4. The van der Waals surface area contributed by atoms with Crippen molar-refractivity contribution in [1.29, 1.82) is 0 Å². The predicted molar refractivity (Wildman–Crippen MR) is 80.1 cm³/mol. The minimum atomic E-state index is -0.886. The van der Waals surface area contributed by atoms with E-state index in [1.807, 2.05) is 37.3 Å². The zero-order valence-corrected chi connectivity index (χ0v) is 11.9. The van der Waals surface area contributed by atoms with Crippen LogP contribution in [0, 0.1) is 5.92 Å². The number of carbonyl (C=O) groups excluding carboxylic acids is 1. The van der Waals surface area contributed by atoms with Crippen LogP contribution in [-0.2, 0) is 4.79 Å². The zero-order chi connectivity index (χ0) is 15.2. The summed E-state index contributed by atoms with van der Waals surface area (Å²) in [6, 6.07) is 11.0. The first kappa shape index (κ1) is 15.0. The molecule has 0 radical (unpaired) electrons. The first-order valence-corrected chi connectivity index (χ1v) is 6.98. The van der Waals surface area contributed by atoms with Crippen LogP contribution in [0.4, 0.5) is 0 Å². The molecule has 0 spiro atoms. The third kappa shape index (κ3) is 3.78. The molecule has 1 unspecified atom stereocenters. The number of hydrogen-bond acceptors (Lipinski definition) is 3. The van der Waals surface area contributed by atoms with E-state index >= 15 is 0 Å². The molecule has 2 rings (SSSR count). The van der Waals surface area contributed by atoms with E-state index in [1.165, 1.54) is 0 Å². The number of fused-ring (bicyclic) bond motifs is 1. The fraction of sp³-hybridized carbons (Fsp3) is 0.312. The average Bonchev–Trinajstić information content (AvgIpc) is 2.50. The molecule has 0 aliphatic rings. The van der Waals surface area contributed by atoms with Gasteiger partial charge in [0.05, 0.1) is 11.4 Å². The monoisotopic (exact) mass is 286 g/mol. The Kier molecular flexibility index (Phi) is 4.87. The van der Waals surface area contributed by atoms with Crippen molar-refractivity contribution in [2.24, 2.45) is 5.92 Å². The molecular formula is C16H18N2O3. The van der Waals surface area contributed by atoms with E-state index in [2.05, 4.69) is 10.3 Å². The van der Waals surface area contributed by atoms with Gasteiger partial charge in [0, 0.05) is 11.9 Å². The van der Waals surface area contributed by atoms with Gasteiger partial charge in [-0.15, -0.1) is 0 Å². The average molecular weight is 286 g/mol. The Morgan fingerprint density at radius 1 is 1.24 bits per heavy atom. The predicted octanol–water partition coefficient (Wildman–Crippen LogP) is 2.47. The summed E-state index contributed by atoms with van der Waals surface area (Å²) in [5, 5.41) is 12.7. The highest BCUT2D eigenvalue weighted by Gasteiger charge is 2.18.